The van der Waals surface area contributed by atoms with Crippen molar-refractivity contribution in [1.29, 1.82) is 0 Å². The highest BCUT2D eigenvalue weighted by atomic mass is 16.4. The molecular weight excluding hydrogens is 278 g/mol. The minimum atomic E-state index is -1.01. The van der Waals surface area contributed by atoms with Gasteiger partial charge in [0.25, 0.3) is 0 Å². The van der Waals surface area contributed by atoms with E-state index in [1.165, 1.54) is 4.68 Å². The number of aromatic nitrogens is 3. The standard InChI is InChI=1S/C17H15N3O2/c1-11-5-6-12(2)15(8-11)20-16(17(21)22)9-14(19-20)13-4-3-7-18-10-13/h3-10H,1-2H3,(H,21,22). The van der Waals surface area contributed by atoms with E-state index in [2.05, 4.69) is 10.1 Å². The zero-order valence-electron chi connectivity index (χ0n) is 12.3. The maximum absolute atomic E-state index is 11.6. The second-order valence-corrected chi connectivity index (χ2v) is 5.16. The number of nitrogens with zero attached hydrogens (tertiary/aromatic N) is 3. The zero-order chi connectivity index (χ0) is 15.7. The van der Waals surface area contributed by atoms with Crippen LogP contribution < -0.4 is 0 Å². The fraction of sp³-hybridized carbons (Fsp3) is 0.118. The van der Waals surface area contributed by atoms with Gasteiger partial charge in [-0.05, 0) is 49.2 Å². The van der Waals surface area contributed by atoms with E-state index in [0.29, 0.717) is 5.69 Å². The number of rotatable bonds is 3. The Kier molecular flexibility index (Phi) is 3.47. The molecule has 0 saturated carbocycles. The van der Waals surface area contributed by atoms with Crippen molar-refractivity contribution in [1.82, 2.24) is 14.8 Å². The number of hydrogen-bond donors (Lipinski definition) is 1. The molecule has 0 fully saturated rings. The van der Waals surface area contributed by atoms with Gasteiger partial charge in [-0.25, -0.2) is 9.48 Å². The first-order valence-corrected chi connectivity index (χ1v) is 6.87. The number of aryl methyl sites for hydroxylation is 2. The van der Waals surface area contributed by atoms with Gasteiger partial charge in [0.05, 0.1) is 11.4 Å². The van der Waals surface area contributed by atoms with Gasteiger partial charge in [0.15, 0.2) is 5.69 Å². The Hall–Kier alpha value is -2.95. The number of carbonyl (C=O) groups is 1. The Morgan fingerprint density at radius 3 is 2.68 bits per heavy atom. The average molecular weight is 293 g/mol. The Morgan fingerprint density at radius 2 is 2.00 bits per heavy atom. The summed E-state index contributed by atoms with van der Waals surface area (Å²) in [6.07, 6.45) is 3.34. The third-order valence-electron chi connectivity index (χ3n) is 3.48. The minimum Gasteiger partial charge on any atom is -0.477 e. The Morgan fingerprint density at radius 1 is 1.18 bits per heavy atom. The summed E-state index contributed by atoms with van der Waals surface area (Å²) < 4.78 is 1.48. The van der Waals surface area contributed by atoms with Crippen LogP contribution in [0.15, 0.2) is 48.8 Å². The second kappa shape index (κ2) is 5.44. The van der Waals surface area contributed by atoms with Gasteiger partial charge in [0.2, 0.25) is 0 Å². The number of carboxylic acids is 1. The first-order chi connectivity index (χ1) is 10.6. The molecule has 2 aromatic heterocycles. The highest BCUT2D eigenvalue weighted by Crippen LogP contribution is 2.23. The molecule has 110 valence electrons. The average Bonchev–Trinajstić information content (AvgIpc) is 2.96. The number of aromatic carboxylic acids is 1. The van der Waals surface area contributed by atoms with Gasteiger partial charge in [0, 0.05) is 18.0 Å². The van der Waals surface area contributed by atoms with E-state index in [0.717, 1.165) is 22.4 Å². The van der Waals surface area contributed by atoms with Gasteiger partial charge in [-0.2, -0.15) is 5.10 Å². The van der Waals surface area contributed by atoms with Crippen LogP contribution in [0.5, 0.6) is 0 Å². The van der Waals surface area contributed by atoms with Crippen LogP contribution >= 0.6 is 0 Å². The number of benzene rings is 1. The molecule has 22 heavy (non-hydrogen) atoms. The first kappa shape index (κ1) is 14.0. The maximum atomic E-state index is 11.6. The summed E-state index contributed by atoms with van der Waals surface area (Å²) in [5.41, 5.74) is 4.30. The van der Waals surface area contributed by atoms with Crippen LogP contribution in [0.3, 0.4) is 0 Å². The molecule has 2 heterocycles. The fourth-order valence-electron chi connectivity index (χ4n) is 2.32. The molecule has 5 nitrogen and oxygen atoms in total. The number of pyridine rings is 1. The molecule has 3 aromatic rings. The van der Waals surface area contributed by atoms with E-state index in [1.54, 1.807) is 24.5 Å². The minimum absolute atomic E-state index is 0.132. The van der Waals surface area contributed by atoms with E-state index in [-0.39, 0.29) is 5.69 Å². The Bertz CT molecular complexity index is 838. The smallest absolute Gasteiger partial charge is 0.354 e. The van der Waals surface area contributed by atoms with Crippen LogP contribution in [-0.2, 0) is 0 Å². The van der Waals surface area contributed by atoms with Gasteiger partial charge in [0.1, 0.15) is 0 Å². The van der Waals surface area contributed by atoms with E-state index < -0.39 is 5.97 Å². The van der Waals surface area contributed by atoms with Gasteiger partial charge in [-0.3, -0.25) is 4.98 Å². The van der Waals surface area contributed by atoms with Crippen molar-refractivity contribution in [3.63, 3.8) is 0 Å². The zero-order valence-corrected chi connectivity index (χ0v) is 12.3. The van der Waals surface area contributed by atoms with Gasteiger partial charge < -0.3 is 5.11 Å². The second-order valence-electron chi connectivity index (χ2n) is 5.16. The molecule has 0 atom stereocenters. The fourth-order valence-corrected chi connectivity index (χ4v) is 2.32. The molecule has 0 aliphatic heterocycles. The molecule has 1 N–H and O–H groups in total. The van der Waals surface area contributed by atoms with Crippen LogP contribution in [0.4, 0.5) is 0 Å². The predicted molar refractivity (Wildman–Crippen MR) is 83.2 cm³/mol. The van der Waals surface area contributed by atoms with Crippen molar-refractivity contribution < 1.29 is 9.90 Å². The van der Waals surface area contributed by atoms with Crippen LogP contribution in [0.1, 0.15) is 21.6 Å². The van der Waals surface area contributed by atoms with E-state index in [1.807, 2.05) is 38.1 Å². The summed E-state index contributed by atoms with van der Waals surface area (Å²) in [5.74, 6) is -1.01. The monoisotopic (exact) mass is 293 g/mol. The molecule has 0 saturated heterocycles. The van der Waals surface area contributed by atoms with Gasteiger partial charge in [-0.1, -0.05) is 12.1 Å². The molecule has 0 aliphatic rings. The van der Waals surface area contributed by atoms with Crippen molar-refractivity contribution in [3.05, 3.63) is 65.6 Å². The Labute approximate surface area is 127 Å². The molecule has 1 aromatic carbocycles. The summed E-state index contributed by atoms with van der Waals surface area (Å²) in [4.78, 5) is 15.6. The summed E-state index contributed by atoms with van der Waals surface area (Å²) in [7, 11) is 0. The summed E-state index contributed by atoms with van der Waals surface area (Å²) >= 11 is 0. The molecule has 3 rings (SSSR count). The SMILES string of the molecule is Cc1ccc(C)c(-n2nc(-c3cccnc3)cc2C(=O)O)c1. The largest absolute Gasteiger partial charge is 0.477 e. The van der Waals surface area contributed by atoms with Gasteiger partial charge in [-0.15, -0.1) is 0 Å². The third-order valence-corrected chi connectivity index (χ3v) is 3.48. The molecule has 0 amide bonds. The highest BCUT2D eigenvalue weighted by molar-refractivity contribution is 5.88. The lowest BCUT2D eigenvalue weighted by Crippen LogP contribution is -2.09. The van der Waals surface area contributed by atoms with E-state index in [4.69, 9.17) is 0 Å². The molecule has 0 unspecified atom stereocenters. The number of hydrogen-bond acceptors (Lipinski definition) is 3. The molecular formula is C17H15N3O2. The van der Waals surface area contributed by atoms with E-state index >= 15 is 0 Å². The van der Waals surface area contributed by atoms with Crippen LogP contribution in [0, 0.1) is 13.8 Å². The number of carboxylic acid groups (broad SMARTS) is 1. The molecule has 0 spiro atoms. The lowest BCUT2D eigenvalue weighted by Gasteiger charge is -2.09. The predicted octanol–water partition coefficient (Wildman–Crippen LogP) is 3.25. The summed E-state index contributed by atoms with van der Waals surface area (Å²) in [6, 6.07) is 11.1. The maximum Gasteiger partial charge on any atom is 0.354 e. The quantitative estimate of drug-likeness (QED) is 0.805. The van der Waals surface area contributed by atoms with Crippen molar-refractivity contribution in [2.24, 2.45) is 0 Å². The van der Waals surface area contributed by atoms with Crippen molar-refractivity contribution in [2.75, 3.05) is 0 Å². The topological polar surface area (TPSA) is 68.0 Å². The first-order valence-electron chi connectivity index (χ1n) is 6.87. The molecule has 0 bridgehead atoms. The summed E-state index contributed by atoms with van der Waals surface area (Å²) in [6.45, 7) is 3.90. The Balaban J connectivity index is 2.21. The lowest BCUT2D eigenvalue weighted by atomic mass is 10.1. The van der Waals surface area contributed by atoms with Crippen LogP contribution in [0.25, 0.3) is 16.9 Å². The van der Waals surface area contributed by atoms with Crippen LogP contribution in [-0.4, -0.2) is 25.8 Å². The molecule has 0 radical (unpaired) electrons. The highest BCUT2D eigenvalue weighted by Gasteiger charge is 2.18. The molecule has 5 heteroatoms. The van der Waals surface area contributed by atoms with Crippen molar-refractivity contribution >= 4 is 5.97 Å². The third kappa shape index (κ3) is 2.48. The molecule has 0 aliphatic carbocycles. The van der Waals surface area contributed by atoms with Gasteiger partial charge >= 0.3 is 5.97 Å². The van der Waals surface area contributed by atoms with E-state index in [9.17, 15) is 9.90 Å². The normalized spacial score (nSPS) is 10.6. The van der Waals surface area contributed by atoms with Crippen molar-refractivity contribution in [2.45, 2.75) is 13.8 Å². The lowest BCUT2D eigenvalue weighted by molar-refractivity contribution is 0.0687. The summed E-state index contributed by atoms with van der Waals surface area (Å²) in [5, 5.41) is 13.9. The van der Waals surface area contributed by atoms with Crippen LogP contribution in [0.2, 0.25) is 0 Å². The van der Waals surface area contributed by atoms with Crippen molar-refractivity contribution in [3.8, 4) is 16.9 Å².